The molecular formula is C63H106O6. The number of ether oxygens (including phenoxy) is 3. The Hall–Kier alpha value is -3.67. The van der Waals surface area contributed by atoms with Crippen molar-refractivity contribution < 1.29 is 28.6 Å². The molecule has 0 aliphatic heterocycles. The fourth-order valence-corrected chi connectivity index (χ4v) is 7.94. The van der Waals surface area contributed by atoms with Crippen LogP contribution < -0.4 is 0 Å². The van der Waals surface area contributed by atoms with E-state index in [1.807, 2.05) is 48.6 Å². The minimum absolute atomic E-state index is 0.101. The van der Waals surface area contributed by atoms with E-state index >= 15 is 0 Å². The number of allylic oxidation sites excluding steroid dienone is 16. The van der Waals surface area contributed by atoms with Crippen LogP contribution in [0.25, 0.3) is 0 Å². The Labute approximate surface area is 426 Å². The smallest absolute Gasteiger partial charge is 0.306 e. The number of hydrogen-bond donors (Lipinski definition) is 0. The average molecular weight is 960 g/mol. The lowest BCUT2D eigenvalue weighted by Crippen LogP contribution is -2.30. The van der Waals surface area contributed by atoms with Crippen LogP contribution in [0, 0.1) is 0 Å². The lowest BCUT2D eigenvalue weighted by Gasteiger charge is -2.18. The number of rotatable bonds is 51. The summed E-state index contributed by atoms with van der Waals surface area (Å²) in [5.74, 6) is -0.955. The van der Waals surface area contributed by atoms with Gasteiger partial charge in [0, 0.05) is 19.3 Å². The zero-order valence-corrected chi connectivity index (χ0v) is 45.0. The topological polar surface area (TPSA) is 78.9 Å². The SMILES string of the molecule is CC\C=C/C=C\C=C/C=C\C=C/CCCCCC(=O)OCC(COC(=O)CCCCCCC\C=C/C=C\C=C/CCCCCCC)OC(=O)CCCCCCCCCCCCCCCCCCCC. The van der Waals surface area contributed by atoms with Gasteiger partial charge >= 0.3 is 17.9 Å². The quantitative estimate of drug-likeness (QED) is 0.0262. The van der Waals surface area contributed by atoms with Crippen LogP contribution in [0.2, 0.25) is 0 Å². The molecule has 0 rings (SSSR count). The van der Waals surface area contributed by atoms with Crippen LogP contribution in [-0.4, -0.2) is 37.2 Å². The maximum Gasteiger partial charge on any atom is 0.306 e. The molecular weight excluding hydrogens is 853 g/mol. The Morgan fingerprint density at radius 1 is 0.304 bits per heavy atom. The van der Waals surface area contributed by atoms with Crippen LogP contribution in [0.3, 0.4) is 0 Å². The summed E-state index contributed by atoms with van der Waals surface area (Å²) in [5.41, 5.74) is 0. The van der Waals surface area contributed by atoms with Crippen LogP contribution >= 0.6 is 0 Å². The number of hydrogen-bond acceptors (Lipinski definition) is 6. The van der Waals surface area contributed by atoms with E-state index < -0.39 is 6.10 Å². The largest absolute Gasteiger partial charge is 0.462 e. The molecule has 0 N–H and O–H groups in total. The Morgan fingerprint density at radius 2 is 0.565 bits per heavy atom. The Morgan fingerprint density at radius 3 is 0.899 bits per heavy atom. The molecule has 6 nitrogen and oxygen atoms in total. The van der Waals surface area contributed by atoms with Gasteiger partial charge in [-0.05, 0) is 64.2 Å². The highest BCUT2D eigenvalue weighted by molar-refractivity contribution is 5.71. The van der Waals surface area contributed by atoms with Crippen molar-refractivity contribution in [2.75, 3.05) is 13.2 Å². The third-order valence-corrected chi connectivity index (χ3v) is 12.3. The van der Waals surface area contributed by atoms with Gasteiger partial charge in [-0.15, -0.1) is 0 Å². The first-order valence-corrected chi connectivity index (χ1v) is 28.8. The molecule has 1 atom stereocenters. The van der Waals surface area contributed by atoms with E-state index in [1.165, 1.54) is 128 Å². The fraction of sp³-hybridized carbons (Fsp3) is 0.698. The van der Waals surface area contributed by atoms with E-state index in [9.17, 15) is 14.4 Å². The first-order valence-electron chi connectivity index (χ1n) is 28.8. The van der Waals surface area contributed by atoms with Gasteiger partial charge in [0.25, 0.3) is 0 Å². The molecule has 0 aromatic carbocycles. The maximum atomic E-state index is 12.9. The summed E-state index contributed by atoms with van der Waals surface area (Å²) in [5, 5.41) is 0. The van der Waals surface area contributed by atoms with Gasteiger partial charge in [-0.2, -0.15) is 0 Å². The van der Waals surface area contributed by atoms with Crippen LogP contribution in [0.4, 0.5) is 0 Å². The molecule has 394 valence electrons. The molecule has 1 unspecified atom stereocenters. The second-order valence-corrected chi connectivity index (χ2v) is 19.0. The molecule has 6 heteroatoms. The van der Waals surface area contributed by atoms with E-state index in [0.29, 0.717) is 19.3 Å². The molecule has 0 radical (unpaired) electrons. The molecule has 0 aromatic heterocycles. The summed E-state index contributed by atoms with van der Waals surface area (Å²) in [7, 11) is 0. The van der Waals surface area contributed by atoms with Crippen molar-refractivity contribution in [3.05, 3.63) is 97.2 Å². The van der Waals surface area contributed by atoms with Crippen LogP contribution in [0.15, 0.2) is 97.2 Å². The van der Waals surface area contributed by atoms with Crippen molar-refractivity contribution in [3.63, 3.8) is 0 Å². The van der Waals surface area contributed by atoms with Gasteiger partial charge in [0.05, 0.1) is 0 Å². The normalized spacial score (nSPS) is 12.8. The summed E-state index contributed by atoms with van der Waals surface area (Å²) >= 11 is 0. The van der Waals surface area contributed by atoms with Gasteiger partial charge in [-0.3, -0.25) is 14.4 Å². The third-order valence-electron chi connectivity index (χ3n) is 12.3. The summed E-state index contributed by atoms with van der Waals surface area (Å²) in [4.78, 5) is 38.2. The van der Waals surface area contributed by atoms with Crippen LogP contribution in [0.1, 0.15) is 265 Å². The lowest BCUT2D eigenvalue weighted by atomic mass is 10.0. The Balaban J connectivity index is 4.47. The highest BCUT2D eigenvalue weighted by Gasteiger charge is 2.19. The van der Waals surface area contributed by atoms with Gasteiger partial charge in [-0.25, -0.2) is 0 Å². The highest BCUT2D eigenvalue weighted by atomic mass is 16.6. The molecule has 0 bridgehead atoms. The van der Waals surface area contributed by atoms with E-state index in [-0.39, 0.29) is 31.1 Å². The fourth-order valence-electron chi connectivity index (χ4n) is 7.94. The predicted molar refractivity (Wildman–Crippen MR) is 297 cm³/mol. The van der Waals surface area contributed by atoms with E-state index in [1.54, 1.807) is 0 Å². The number of unbranched alkanes of at least 4 members (excludes halogenated alkanes) is 30. The van der Waals surface area contributed by atoms with E-state index in [4.69, 9.17) is 14.2 Å². The second-order valence-electron chi connectivity index (χ2n) is 19.0. The van der Waals surface area contributed by atoms with Crippen LogP contribution in [0.5, 0.6) is 0 Å². The summed E-state index contributed by atoms with van der Waals surface area (Å²) < 4.78 is 16.8. The summed E-state index contributed by atoms with van der Waals surface area (Å²) in [6.07, 6.45) is 75.4. The zero-order chi connectivity index (χ0) is 50.0. The molecule has 0 aliphatic carbocycles. The predicted octanol–water partition coefficient (Wildman–Crippen LogP) is 19.3. The first kappa shape index (κ1) is 65.3. The van der Waals surface area contributed by atoms with Gasteiger partial charge < -0.3 is 14.2 Å². The molecule has 0 heterocycles. The standard InChI is InChI=1S/C63H106O6/c1-4-7-10-13-16-19-22-25-28-30-32-35-38-41-44-47-50-53-56-62(65)68-59-60(58-67-61(64)55-52-49-46-43-40-37-34-27-24-21-18-15-12-9-6-3)69-63(66)57-54-51-48-45-42-39-36-33-31-29-26-23-20-17-14-11-8-5-2/h9,12,15,18,21-22,24-25,27-28,30,32,34-35,37,40,60H,4-8,10-11,13-14,16-17,19-20,23,26,29,31,33,36,38-39,41-59H2,1-3H3/b12-9-,18-15-,24-21-,25-22-,30-28-,34-27-,35-32-,40-37-. The van der Waals surface area contributed by atoms with Gasteiger partial charge in [0.1, 0.15) is 13.2 Å². The minimum Gasteiger partial charge on any atom is -0.462 e. The van der Waals surface area contributed by atoms with Crippen LogP contribution in [-0.2, 0) is 28.6 Å². The molecule has 0 saturated heterocycles. The Bertz CT molecular complexity index is 1380. The molecule has 69 heavy (non-hydrogen) atoms. The number of esters is 3. The van der Waals surface area contributed by atoms with Gasteiger partial charge in [-0.1, -0.05) is 279 Å². The molecule has 0 amide bonds. The number of carbonyl (C=O) groups excluding carboxylic acids is 3. The average Bonchev–Trinajstić information content (AvgIpc) is 3.35. The van der Waals surface area contributed by atoms with Crippen molar-refractivity contribution in [1.82, 2.24) is 0 Å². The molecule has 0 spiro atoms. The van der Waals surface area contributed by atoms with Crippen molar-refractivity contribution in [2.24, 2.45) is 0 Å². The zero-order valence-electron chi connectivity index (χ0n) is 45.0. The van der Waals surface area contributed by atoms with Crippen molar-refractivity contribution >= 4 is 17.9 Å². The van der Waals surface area contributed by atoms with E-state index in [0.717, 1.165) is 96.3 Å². The minimum atomic E-state index is -0.804. The van der Waals surface area contributed by atoms with Crippen molar-refractivity contribution in [2.45, 2.75) is 271 Å². The van der Waals surface area contributed by atoms with Gasteiger partial charge in [0.2, 0.25) is 0 Å². The highest BCUT2D eigenvalue weighted by Crippen LogP contribution is 2.16. The third kappa shape index (κ3) is 55.1. The molecule has 0 fully saturated rings. The molecule has 0 saturated carbocycles. The van der Waals surface area contributed by atoms with Gasteiger partial charge in [0.15, 0.2) is 6.10 Å². The maximum absolute atomic E-state index is 12.9. The number of carbonyl (C=O) groups is 3. The lowest BCUT2D eigenvalue weighted by molar-refractivity contribution is -0.167. The summed E-state index contributed by atoms with van der Waals surface area (Å²) in [6, 6.07) is 0. The van der Waals surface area contributed by atoms with Crippen molar-refractivity contribution in [1.29, 1.82) is 0 Å². The Kier molecular flexibility index (Phi) is 53.9. The first-order chi connectivity index (χ1) is 34.0. The molecule has 0 aliphatic rings. The van der Waals surface area contributed by atoms with E-state index in [2.05, 4.69) is 69.4 Å². The molecule has 0 aromatic rings. The van der Waals surface area contributed by atoms with Crippen molar-refractivity contribution in [3.8, 4) is 0 Å². The monoisotopic (exact) mass is 959 g/mol. The second kappa shape index (κ2) is 56.9. The summed E-state index contributed by atoms with van der Waals surface area (Å²) in [6.45, 7) is 6.44.